The van der Waals surface area contributed by atoms with E-state index in [1.807, 2.05) is 0 Å². The van der Waals surface area contributed by atoms with Gasteiger partial charge in [0.05, 0.1) is 0 Å². The van der Waals surface area contributed by atoms with E-state index in [4.69, 9.17) is 14.2 Å². The van der Waals surface area contributed by atoms with Gasteiger partial charge in [0.2, 0.25) is 0 Å². The fraction of sp³-hybridized carbons (Fsp3) is 0.960. The van der Waals surface area contributed by atoms with Crippen molar-refractivity contribution in [2.75, 3.05) is 13.2 Å². The van der Waals surface area contributed by atoms with E-state index in [9.17, 15) is 14.4 Å². The van der Waals surface area contributed by atoms with Crippen molar-refractivity contribution in [3.63, 3.8) is 0 Å². The van der Waals surface area contributed by atoms with Gasteiger partial charge in [0.15, 0.2) is 6.10 Å². The first-order valence-corrected chi connectivity index (χ1v) is 37.5. The van der Waals surface area contributed by atoms with Gasteiger partial charge in [-0.1, -0.05) is 406 Å². The predicted octanol–water partition coefficient (Wildman–Crippen LogP) is 25.8. The molecule has 0 N–H and O–H groups in total. The van der Waals surface area contributed by atoms with Crippen molar-refractivity contribution in [2.45, 2.75) is 451 Å². The Hall–Kier alpha value is -1.59. The first kappa shape index (κ1) is 79.4. The molecular weight excluding hydrogens is 997 g/mol. The van der Waals surface area contributed by atoms with E-state index >= 15 is 0 Å². The maximum Gasteiger partial charge on any atom is 0.306 e. The number of hydrogen-bond donors (Lipinski definition) is 0. The summed E-state index contributed by atoms with van der Waals surface area (Å²) >= 11 is 0. The second-order valence-electron chi connectivity index (χ2n) is 25.9. The zero-order valence-electron chi connectivity index (χ0n) is 55.6. The molecule has 1 atom stereocenters. The monoisotopic (exact) mass is 1140 g/mol. The Balaban J connectivity index is 4.03. The maximum atomic E-state index is 12.9. The SMILES string of the molecule is CCCCCCCCCCCCCCCCCCCCCCCCCCCCCCCCCCCCC(=O)OCC(COC(=O)CCCCCCCCCCCCCCC)OC(=O)CCCCCCCCCCCCCCCCCC. The quantitative estimate of drug-likeness (QED) is 0.0343. The molecule has 6 heteroatoms. The third kappa shape index (κ3) is 69.1. The molecule has 0 heterocycles. The molecule has 1 unspecified atom stereocenters. The molecule has 6 nitrogen and oxygen atoms in total. The van der Waals surface area contributed by atoms with E-state index < -0.39 is 6.10 Å². The minimum atomic E-state index is -0.763. The molecule has 0 radical (unpaired) electrons. The standard InChI is InChI=1S/C75H146O6/c1-4-7-10-13-16-19-22-25-27-29-30-31-32-33-34-35-36-37-38-39-40-41-42-43-44-45-46-48-50-53-56-59-62-65-68-74(77)80-71-72(70-79-73(76)67-64-61-58-55-52-49-24-21-18-15-12-9-6-3)81-75(78)69-66-63-60-57-54-51-47-28-26-23-20-17-14-11-8-5-2/h72H,4-71H2,1-3H3. The summed E-state index contributed by atoms with van der Waals surface area (Å²) in [4.78, 5) is 38.4. The van der Waals surface area contributed by atoms with Gasteiger partial charge in [-0.2, -0.15) is 0 Å². The molecule has 0 aliphatic heterocycles. The van der Waals surface area contributed by atoms with E-state index in [1.165, 1.54) is 347 Å². The summed E-state index contributed by atoms with van der Waals surface area (Å²) in [6, 6.07) is 0. The van der Waals surface area contributed by atoms with Crippen LogP contribution in [0.25, 0.3) is 0 Å². The van der Waals surface area contributed by atoms with Crippen LogP contribution >= 0.6 is 0 Å². The van der Waals surface area contributed by atoms with Crippen molar-refractivity contribution >= 4 is 17.9 Å². The molecule has 0 spiro atoms. The average molecular weight is 1140 g/mol. The third-order valence-electron chi connectivity index (χ3n) is 17.6. The minimum Gasteiger partial charge on any atom is -0.462 e. The van der Waals surface area contributed by atoms with E-state index in [-0.39, 0.29) is 31.1 Å². The molecule has 0 aliphatic rings. The van der Waals surface area contributed by atoms with Gasteiger partial charge in [0, 0.05) is 19.3 Å². The number of unbranched alkanes of at least 4 members (excludes halogenated alkanes) is 60. The summed E-state index contributed by atoms with van der Waals surface area (Å²) < 4.78 is 17.0. The second kappa shape index (κ2) is 70.9. The summed E-state index contributed by atoms with van der Waals surface area (Å²) in [5.74, 6) is -0.821. The first-order valence-electron chi connectivity index (χ1n) is 37.5. The Morgan fingerprint density at radius 2 is 0.333 bits per heavy atom. The highest BCUT2D eigenvalue weighted by molar-refractivity contribution is 5.71. The second-order valence-corrected chi connectivity index (χ2v) is 25.9. The molecule has 0 fully saturated rings. The van der Waals surface area contributed by atoms with Crippen molar-refractivity contribution < 1.29 is 28.6 Å². The van der Waals surface area contributed by atoms with E-state index in [2.05, 4.69) is 20.8 Å². The lowest BCUT2D eigenvalue weighted by molar-refractivity contribution is -0.167. The van der Waals surface area contributed by atoms with Crippen LogP contribution in [0.1, 0.15) is 445 Å². The predicted molar refractivity (Wildman–Crippen MR) is 354 cm³/mol. The van der Waals surface area contributed by atoms with E-state index in [1.54, 1.807) is 0 Å². The van der Waals surface area contributed by atoms with Crippen molar-refractivity contribution in [1.82, 2.24) is 0 Å². The Morgan fingerprint density at radius 1 is 0.198 bits per heavy atom. The Morgan fingerprint density at radius 3 is 0.494 bits per heavy atom. The summed E-state index contributed by atoms with van der Waals surface area (Å²) in [6.07, 6.45) is 84.5. The number of esters is 3. The van der Waals surface area contributed by atoms with E-state index in [0.717, 1.165) is 57.8 Å². The molecular formula is C75H146O6. The van der Waals surface area contributed by atoms with Crippen LogP contribution in [0.15, 0.2) is 0 Å². The molecule has 0 amide bonds. The zero-order chi connectivity index (χ0) is 58.5. The Bertz CT molecular complexity index is 1220. The molecule has 482 valence electrons. The van der Waals surface area contributed by atoms with Gasteiger partial charge in [-0.05, 0) is 19.3 Å². The van der Waals surface area contributed by atoms with Gasteiger partial charge >= 0.3 is 17.9 Å². The highest BCUT2D eigenvalue weighted by atomic mass is 16.6. The van der Waals surface area contributed by atoms with Crippen LogP contribution in [0.5, 0.6) is 0 Å². The largest absolute Gasteiger partial charge is 0.462 e. The van der Waals surface area contributed by atoms with Crippen LogP contribution < -0.4 is 0 Å². The molecule has 0 aromatic rings. The van der Waals surface area contributed by atoms with Crippen LogP contribution in [0, 0.1) is 0 Å². The number of carbonyl (C=O) groups excluding carboxylic acids is 3. The molecule has 0 bridgehead atoms. The lowest BCUT2D eigenvalue weighted by atomic mass is 10.0. The molecule has 0 rings (SSSR count). The van der Waals surface area contributed by atoms with Crippen LogP contribution in [0.4, 0.5) is 0 Å². The van der Waals surface area contributed by atoms with Crippen LogP contribution in [-0.2, 0) is 28.6 Å². The van der Waals surface area contributed by atoms with Crippen molar-refractivity contribution in [3.05, 3.63) is 0 Å². The smallest absolute Gasteiger partial charge is 0.306 e. The van der Waals surface area contributed by atoms with Gasteiger partial charge in [-0.25, -0.2) is 0 Å². The van der Waals surface area contributed by atoms with E-state index in [0.29, 0.717) is 19.3 Å². The Labute approximate surface area is 508 Å². The minimum absolute atomic E-state index is 0.0603. The highest BCUT2D eigenvalue weighted by Gasteiger charge is 2.20. The van der Waals surface area contributed by atoms with Crippen molar-refractivity contribution in [3.8, 4) is 0 Å². The fourth-order valence-corrected chi connectivity index (χ4v) is 12.0. The fourth-order valence-electron chi connectivity index (χ4n) is 12.0. The summed E-state index contributed by atoms with van der Waals surface area (Å²) in [7, 11) is 0. The number of carbonyl (C=O) groups is 3. The van der Waals surface area contributed by atoms with Gasteiger partial charge in [-0.15, -0.1) is 0 Å². The van der Waals surface area contributed by atoms with Crippen molar-refractivity contribution in [2.24, 2.45) is 0 Å². The number of rotatable bonds is 71. The molecule has 0 saturated heterocycles. The van der Waals surface area contributed by atoms with Crippen LogP contribution in [0.2, 0.25) is 0 Å². The van der Waals surface area contributed by atoms with Crippen molar-refractivity contribution in [1.29, 1.82) is 0 Å². The molecule has 0 aromatic carbocycles. The van der Waals surface area contributed by atoms with Gasteiger partial charge in [0.1, 0.15) is 13.2 Å². The number of ether oxygens (including phenoxy) is 3. The number of hydrogen-bond acceptors (Lipinski definition) is 6. The zero-order valence-corrected chi connectivity index (χ0v) is 55.6. The van der Waals surface area contributed by atoms with Gasteiger partial charge < -0.3 is 14.2 Å². The van der Waals surface area contributed by atoms with Crippen LogP contribution in [-0.4, -0.2) is 37.2 Å². The molecule has 0 aromatic heterocycles. The molecule has 0 saturated carbocycles. The summed E-state index contributed by atoms with van der Waals surface area (Å²) in [5.41, 5.74) is 0. The lowest BCUT2D eigenvalue weighted by Crippen LogP contribution is -2.30. The van der Waals surface area contributed by atoms with Gasteiger partial charge in [0.25, 0.3) is 0 Å². The van der Waals surface area contributed by atoms with Gasteiger partial charge in [-0.3, -0.25) is 14.4 Å². The normalized spacial score (nSPS) is 11.9. The topological polar surface area (TPSA) is 78.9 Å². The first-order chi connectivity index (χ1) is 40.0. The summed E-state index contributed by atoms with van der Waals surface area (Å²) in [6.45, 7) is 6.74. The molecule has 81 heavy (non-hydrogen) atoms. The Kier molecular flexibility index (Phi) is 69.5. The third-order valence-corrected chi connectivity index (χ3v) is 17.6. The lowest BCUT2D eigenvalue weighted by Gasteiger charge is -2.18. The maximum absolute atomic E-state index is 12.9. The van der Waals surface area contributed by atoms with Crippen LogP contribution in [0.3, 0.4) is 0 Å². The highest BCUT2D eigenvalue weighted by Crippen LogP contribution is 2.20. The average Bonchev–Trinajstić information content (AvgIpc) is 3.46. The molecule has 0 aliphatic carbocycles. The summed E-state index contributed by atoms with van der Waals surface area (Å²) in [5, 5.41) is 0.